The molecule has 1 amide bonds. The molecule has 0 aromatic heterocycles. The molecule has 154 valence electrons. The number of hydrogen-bond donors (Lipinski definition) is 1. The molecular weight excluding hydrogens is 374 g/mol. The summed E-state index contributed by atoms with van der Waals surface area (Å²) in [5.41, 5.74) is 1.16. The van der Waals surface area contributed by atoms with E-state index in [0.717, 1.165) is 75.2 Å². The van der Waals surface area contributed by atoms with E-state index in [0.29, 0.717) is 11.8 Å². The Labute approximate surface area is 173 Å². The Morgan fingerprint density at radius 1 is 1.29 bits per heavy atom. The molecule has 0 unspecified atom stereocenters. The maximum Gasteiger partial charge on any atom is 0.225 e. The Kier molecular flexibility index (Phi) is 7.57. The maximum atomic E-state index is 12.3. The first-order chi connectivity index (χ1) is 13.6. The van der Waals surface area contributed by atoms with Gasteiger partial charge in [0, 0.05) is 70.8 Å². The average molecular weight is 406 g/mol. The lowest BCUT2D eigenvalue weighted by Gasteiger charge is -2.38. The van der Waals surface area contributed by atoms with Gasteiger partial charge in [0.25, 0.3) is 0 Å². The molecule has 1 heterocycles. The molecule has 1 aromatic carbocycles. The molecule has 1 saturated carbocycles. The highest BCUT2D eigenvalue weighted by Gasteiger charge is 2.31. The van der Waals surface area contributed by atoms with E-state index in [2.05, 4.69) is 31.1 Å². The third-order valence-corrected chi connectivity index (χ3v) is 5.97. The summed E-state index contributed by atoms with van der Waals surface area (Å²) in [6.45, 7) is 6.17. The standard InChI is InChI=1S/C21H32ClN5O/c1-23-21(25(2)16-17-5-3-8-19(22)15-17)24-9-10-26-11-13-27(14-12-26)20(28)18-6-4-7-18/h3,5,8,15,18H,4,6-7,9-14,16H2,1-2H3,(H,23,24). The highest BCUT2D eigenvalue weighted by atomic mass is 35.5. The van der Waals surface area contributed by atoms with Crippen molar-refractivity contribution in [1.29, 1.82) is 0 Å². The molecule has 6 nitrogen and oxygen atoms in total. The van der Waals surface area contributed by atoms with Gasteiger partial charge in [0.2, 0.25) is 5.91 Å². The van der Waals surface area contributed by atoms with Crippen LogP contribution in [0.5, 0.6) is 0 Å². The average Bonchev–Trinajstić information content (AvgIpc) is 2.64. The minimum absolute atomic E-state index is 0.312. The summed E-state index contributed by atoms with van der Waals surface area (Å²) in [6, 6.07) is 7.91. The van der Waals surface area contributed by atoms with Crippen molar-refractivity contribution in [2.24, 2.45) is 10.9 Å². The molecule has 1 N–H and O–H groups in total. The first-order valence-corrected chi connectivity index (χ1v) is 10.6. The normalized spacial score (nSPS) is 18.7. The molecule has 0 atom stereocenters. The van der Waals surface area contributed by atoms with Crippen LogP contribution in [-0.2, 0) is 11.3 Å². The molecular formula is C21H32ClN5O. The number of halogens is 1. The summed E-state index contributed by atoms with van der Waals surface area (Å²) in [4.78, 5) is 23.3. The summed E-state index contributed by atoms with van der Waals surface area (Å²) in [7, 11) is 3.84. The van der Waals surface area contributed by atoms with Crippen molar-refractivity contribution in [2.75, 3.05) is 53.4 Å². The summed E-state index contributed by atoms with van der Waals surface area (Å²) >= 11 is 6.08. The molecule has 0 radical (unpaired) electrons. The lowest BCUT2D eigenvalue weighted by Crippen LogP contribution is -2.52. The summed E-state index contributed by atoms with van der Waals surface area (Å²) in [6.07, 6.45) is 3.39. The van der Waals surface area contributed by atoms with Crippen LogP contribution in [0, 0.1) is 5.92 Å². The van der Waals surface area contributed by atoms with Crippen molar-refractivity contribution in [1.82, 2.24) is 20.0 Å². The van der Waals surface area contributed by atoms with Crippen LogP contribution in [0.25, 0.3) is 0 Å². The molecule has 2 aliphatic rings. The molecule has 2 fully saturated rings. The first-order valence-electron chi connectivity index (χ1n) is 10.2. The highest BCUT2D eigenvalue weighted by Crippen LogP contribution is 2.28. The third-order valence-electron chi connectivity index (χ3n) is 5.73. The van der Waals surface area contributed by atoms with Gasteiger partial charge in [-0.15, -0.1) is 0 Å². The van der Waals surface area contributed by atoms with E-state index in [4.69, 9.17) is 11.6 Å². The number of carbonyl (C=O) groups is 1. The van der Waals surface area contributed by atoms with Crippen LogP contribution < -0.4 is 5.32 Å². The second kappa shape index (κ2) is 10.1. The van der Waals surface area contributed by atoms with Crippen molar-refractivity contribution < 1.29 is 4.79 Å². The number of hydrogen-bond acceptors (Lipinski definition) is 3. The van der Waals surface area contributed by atoms with Crippen LogP contribution in [0.15, 0.2) is 29.3 Å². The zero-order valence-electron chi connectivity index (χ0n) is 17.0. The van der Waals surface area contributed by atoms with E-state index < -0.39 is 0 Å². The van der Waals surface area contributed by atoms with Gasteiger partial charge in [-0.2, -0.15) is 0 Å². The van der Waals surface area contributed by atoms with Crippen LogP contribution in [0.3, 0.4) is 0 Å². The van der Waals surface area contributed by atoms with E-state index in [1.807, 2.05) is 32.3 Å². The zero-order chi connectivity index (χ0) is 19.9. The smallest absolute Gasteiger partial charge is 0.225 e. The number of nitrogens with zero attached hydrogens (tertiary/aromatic N) is 4. The number of piperazine rings is 1. The van der Waals surface area contributed by atoms with Gasteiger partial charge in [0.05, 0.1) is 0 Å². The van der Waals surface area contributed by atoms with Crippen LogP contribution in [0.2, 0.25) is 5.02 Å². The molecule has 1 aliphatic heterocycles. The number of amides is 1. The van der Waals surface area contributed by atoms with Crippen molar-refractivity contribution >= 4 is 23.5 Å². The molecule has 1 aromatic rings. The number of carbonyl (C=O) groups excluding carboxylic acids is 1. The molecule has 28 heavy (non-hydrogen) atoms. The predicted octanol–water partition coefficient (Wildman–Crippen LogP) is 2.29. The number of guanidine groups is 1. The second-order valence-corrected chi connectivity index (χ2v) is 8.19. The van der Waals surface area contributed by atoms with E-state index >= 15 is 0 Å². The summed E-state index contributed by atoms with van der Waals surface area (Å²) in [5.74, 6) is 1.57. The molecule has 0 bridgehead atoms. The minimum Gasteiger partial charge on any atom is -0.355 e. The van der Waals surface area contributed by atoms with Crippen LogP contribution in [-0.4, -0.2) is 79.9 Å². The quantitative estimate of drug-likeness (QED) is 0.582. The van der Waals surface area contributed by atoms with Gasteiger partial charge >= 0.3 is 0 Å². The van der Waals surface area contributed by atoms with E-state index in [9.17, 15) is 4.79 Å². The number of benzene rings is 1. The van der Waals surface area contributed by atoms with Gasteiger partial charge < -0.3 is 15.1 Å². The second-order valence-electron chi connectivity index (χ2n) is 7.75. The fourth-order valence-corrected chi connectivity index (χ4v) is 4.01. The van der Waals surface area contributed by atoms with Gasteiger partial charge in [-0.05, 0) is 30.5 Å². The molecule has 0 spiro atoms. The van der Waals surface area contributed by atoms with E-state index in [1.165, 1.54) is 6.42 Å². The topological polar surface area (TPSA) is 51.2 Å². The van der Waals surface area contributed by atoms with Crippen LogP contribution >= 0.6 is 11.6 Å². The van der Waals surface area contributed by atoms with Crippen molar-refractivity contribution in [2.45, 2.75) is 25.8 Å². The molecule has 1 saturated heterocycles. The Balaban J connectivity index is 1.37. The first kappa shape index (κ1) is 20.9. The number of nitrogens with one attached hydrogen (secondary N) is 1. The predicted molar refractivity (Wildman–Crippen MR) is 115 cm³/mol. The summed E-state index contributed by atoms with van der Waals surface area (Å²) in [5, 5.41) is 4.20. The van der Waals surface area contributed by atoms with E-state index in [1.54, 1.807) is 0 Å². The SMILES string of the molecule is CN=C(NCCN1CCN(C(=O)C2CCC2)CC1)N(C)Cc1cccc(Cl)c1. The van der Waals surface area contributed by atoms with Crippen molar-refractivity contribution in [3.8, 4) is 0 Å². The molecule has 7 heteroatoms. The largest absolute Gasteiger partial charge is 0.355 e. The molecule has 3 rings (SSSR count). The molecule has 1 aliphatic carbocycles. The number of aliphatic imine (C=N–C) groups is 1. The van der Waals surface area contributed by atoms with Gasteiger partial charge in [-0.1, -0.05) is 30.2 Å². The zero-order valence-corrected chi connectivity index (χ0v) is 17.8. The van der Waals surface area contributed by atoms with Crippen LogP contribution in [0.1, 0.15) is 24.8 Å². The van der Waals surface area contributed by atoms with Crippen molar-refractivity contribution in [3.63, 3.8) is 0 Å². The third kappa shape index (κ3) is 5.61. The Hall–Kier alpha value is -1.79. The van der Waals surface area contributed by atoms with Crippen LogP contribution in [0.4, 0.5) is 0 Å². The Morgan fingerprint density at radius 2 is 2.04 bits per heavy atom. The van der Waals surface area contributed by atoms with Gasteiger partial charge in [-0.25, -0.2) is 0 Å². The van der Waals surface area contributed by atoms with Gasteiger partial charge in [0.1, 0.15) is 0 Å². The monoisotopic (exact) mass is 405 g/mol. The fraction of sp³-hybridized carbons (Fsp3) is 0.619. The van der Waals surface area contributed by atoms with Crippen molar-refractivity contribution in [3.05, 3.63) is 34.9 Å². The fourth-order valence-electron chi connectivity index (χ4n) is 3.80. The Morgan fingerprint density at radius 3 is 2.64 bits per heavy atom. The van der Waals surface area contributed by atoms with Gasteiger partial charge in [-0.3, -0.25) is 14.7 Å². The minimum atomic E-state index is 0.312. The lowest BCUT2D eigenvalue weighted by molar-refractivity contribution is -0.139. The maximum absolute atomic E-state index is 12.3. The Bertz CT molecular complexity index is 683. The number of rotatable bonds is 6. The summed E-state index contributed by atoms with van der Waals surface area (Å²) < 4.78 is 0. The van der Waals surface area contributed by atoms with Gasteiger partial charge in [0.15, 0.2) is 5.96 Å². The lowest BCUT2D eigenvalue weighted by atomic mass is 9.84. The highest BCUT2D eigenvalue weighted by molar-refractivity contribution is 6.30. The van der Waals surface area contributed by atoms with E-state index in [-0.39, 0.29) is 0 Å².